The van der Waals surface area contributed by atoms with E-state index in [2.05, 4.69) is 5.32 Å². The van der Waals surface area contributed by atoms with Crippen LogP contribution in [0.25, 0.3) is 0 Å². The molecule has 0 unspecified atom stereocenters. The van der Waals surface area contributed by atoms with Crippen molar-refractivity contribution < 1.29 is 13.3 Å². The molecule has 0 aliphatic heterocycles. The lowest BCUT2D eigenvalue weighted by Crippen LogP contribution is -2.40. The Morgan fingerprint density at radius 2 is 1.86 bits per heavy atom. The van der Waals surface area contributed by atoms with Gasteiger partial charge in [0.25, 0.3) is 5.69 Å². The van der Waals surface area contributed by atoms with Crippen LogP contribution in [0.15, 0.2) is 58.3 Å². The van der Waals surface area contributed by atoms with Gasteiger partial charge in [-0.2, -0.15) is 0 Å². The van der Waals surface area contributed by atoms with Gasteiger partial charge in [0.2, 0.25) is 10.0 Å². The zero-order valence-electron chi connectivity index (χ0n) is 16.7. The Labute approximate surface area is 175 Å². The molecule has 0 amide bonds. The normalized spacial score (nSPS) is 13.8. The summed E-state index contributed by atoms with van der Waals surface area (Å²) >= 11 is 1.65. The molecule has 3 N–H and O–H groups in total. The first-order chi connectivity index (χ1) is 13.5. The number of nitro groups is 1. The first-order valence-corrected chi connectivity index (χ1v) is 11.5. The fraction of sp³-hybridized carbons (Fsp3) is 0.368. The highest BCUT2D eigenvalue weighted by atomic mass is 32.2. The molecular formula is C19H26N4O4S2. The molecule has 158 valence electrons. The molecule has 1 atom stereocenters. The number of primary sulfonamides is 1. The minimum absolute atomic E-state index is 0.261. The van der Waals surface area contributed by atoms with E-state index in [1.54, 1.807) is 11.8 Å². The van der Waals surface area contributed by atoms with Crippen molar-refractivity contribution in [3.05, 3.63) is 58.6 Å². The van der Waals surface area contributed by atoms with E-state index < -0.39 is 20.5 Å². The number of nitro benzene ring substituents is 1. The Morgan fingerprint density at radius 3 is 2.41 bits per heavy atom. The second-order valence-electron chi connectivity index (χ2n) is 7.32. The van der Waals surface area contributed by atoms with Crippen LogP contribution >= 0.6 is 11.8 Å². The largest absolute Gasteiger partial charge is 0.373 e. The summed E-state index contributed by atoms with van der Waals surface area (Å²) < 4.78 is 23.1. The summed E-state index contributed by atoms with van der Waals surface area (Å²) in [5.41, 5.74) is -0.534. The lowest BCUT2D eigenvalue weighted by atomic mass is 9.99. The number of hydrogen-bond acceptors (Lipinski definition) is 7. The number of nitrogens with one attached hydrogen (secondary N) is 1. The van der Waals surface area contributed by atoms with Gasteiger partial charge < -0.3 is 10.2 Å². The average molecular weight is 439 g/mol. The van der Waals surface area contributed by atoms with Crippen LogP contribution in [-0.4, -0.2) is 50.2 Å². The third-order valence-electron chi connectivity index (χ3n) is 4.34. The number of hydrogen-bond donors (Lipinski definition) is 2. The van der Waals surface area contributed by atoms with Crippen molar-refractivity contribution in [2.45, 2.75) is 28.7 Å². The Morgan fingerprint density at radius 1 is 1.21 bits per heavy atom. The zero-order valence-corrected chi connectivity index (χ0v) is 18.3. The van der Waals surface area contributed by atoms with Crippen LogP contribution in [0.5, 0.6) is 0 Å². The van der Waals surface area contributed by atoms with E-state index >= 15 is 0 Å². The second kappa shape index (κ2) is 9.57. The summed E-state index contributed by atoms with van der Waals surface area (Å²) in [4.78, 5) is 13.8. The van der Waals surface area contributed by atoms with E-state index in [4.69, 9.17) is 5.14 Å². The SMILES string of the molecule is CN(C)CC[C@@](C)(CSc1ccccc1)Nc1ccc(S(N)(=O)=O)cc1[N+](=O)[O-]. The molecule has 0 spiro atoms. The number of benzene rings is 2. The summed E-state index contributed by atoms with van der Waals surface area (Å²) in [6.07, 6.45) is 0.730. The van der Waals surface area contributed by atoms with Crippen LogP contribution in [0, 0.1) is 10.1 Å². The number of nitrogens with zero attached hydrogens (tertiary/aromatic N) is 2. The fourth-order valence-corrected chi connectivity index (χ4v) is 4.26. The van der Waals surface area contributed by atoms with Gasteiger partial charge in [-0.05, 0) is 58.3 Å². The van der Waals surface area contributed by atoms with E-state index in [9.17, 15) is 18.5 Å². The number of anilines is 1. The molecule has 29 heavy (non-hydrogen) atoms. The molecule has 0 aromatic heterocycles. The molecule has 0 heterocycles. The maximum absolute atomic E-state index is 11.6. The molecule has 0 saturated carbocycles. The van der Waals surface area contributed by atoms with Gasteiger partial charge in [-0.1, -0.05) is 18.2 Å². The summed E-state index contributed by atoms with van der Waals surface area (Å²) in [5.74, 6) is 0.666. The van der Waals surface area contributed by atoms with Gasteiger partial charge in [0, 0.05) is 22.3 Å². The van der Waals surface area contributed by atoms with Crippen LogP contribution < -0.4 is 10.5 Å². The van der Waals surface area contributed by atoms with Crippen molar-refractivity contribution in [2.24, 2.45) is 5.14 Å². The monoisotopic (exact) mass is 438 g/mol. The molecule has 0 aliphatic rings. The molecule has 2 aromatic rings. The fourth-order valence-electron chi connectivity index (χ4n) is 2.67. The molecule has 0 radical (unpaired) electrons. The molecule has 0 aliphatic carbocycles. The molecule has 0 bridgehead atoms. The van der Waals surface area contributed by atoms with E-state index in [0.29, 0.717) is 5.75 Å². The van der Waals surface area contributed by atoms with E-state index in [1.807, 2.05) is 56.3 Å². The number of sulfonamides is 1. The quantitative estimate of drug-likeness (QED) is 0.332. The van der Waals surface area contributed by atoms with Crippen molar-refractivity contribution in [1.29, 1.82) is 0 Å². The highest BCUT2D eigenvalue weighted by Crippen LogP contribution is 2.33. The molecule has 2 rings (SSSR count). The Kier molecular flexibility index (Phi) is 7.64. The van der Waals surface area contributed by atoms with Crippen molar-refractivity contribution >= 4 is 33.2 Å². The van der Waals surface area contributed by atoms with Crippen LogP contribution in [0.3, 0.4) is 0 Å². The second-order valence-corrected chi connectivity index (χ2v) is 9.93. The average Bonchev–Trinajstić information content (AvgIpc) is 2.65. The Bertz CT molecular complexity index is 952. The van der Waals surface area contributed by atoms with Gasteiger partial charge in [0.15, 0.2) is 0 Å². The van der Waals surface area contributed by atoms with Gasteiger partial charge in [0.05, 0.1) is 9.82 Å². The summed E-state index contributed by atoms with van der Waals surface area (Å²) in [6.45, 7) is 2.78. The van der Waals surface area contributed by atoms with Crippen LogP contribution in [0.4, 0.5) is 11.4 Å². The van der Waals surface area contributed by atoms with E-state index in [-0.39, 0.29) is 16.3 Å². The van der Waals surface area contributed by atoms with Gasteiger partial charge in [-0.25, -0.2) is 13.6 Å². The van der Waals surface area contributed by atoms with Gasteiger partial charge in [-0.3, -0.25) is 10.1 Å². The smallest absolute Gasteiger partial charge is 0.293 e. The predicted octanol–water partition coefficient (Wildman–Crippen LogP) is 3.16. The van der Waals surface area contributed by atoms with Crippen molar-refractivity contribution in [3.63, 3.8) is 0 Å². The number of thioether (sulfide) groups is 1. The molecule has 8 nitrogen and oxygen atoms in total. The Hall–Kier alpha value is -2.14. The summed E-state index contributed by atoms with van der Waals surface area (Å²) in [5, 5.41) is 20.0. The third kappa shape index (κ3) is 7.00. The van der Waals surface area contributed by atoms with Crippen LogP contribution in [-0.2, 0) is 10.0 Å². The van der Waals surface area contributed by atoms with Crippen molar-refractivity contribution in [2.75, 3.05) is 31.7 Å². The molecule has 2 aromatic carbocycles. The number of rotatable bonds is 10. The number of nitrogens with two attached hydrogens (primary N) is 1. The zero-order chi connectivity index (χ0) is 21.7. The third-order valence-corrected chi connectivity index (χ3v) is 6.64. The highest BCUT2D eigenvalue weighted by molar-refractivity contribution is 7.99. The molecule has 0 fully saturated rings. The highest BCUT2D eigenvalue weighted by Gasteiger charge is 2.28. The molecular weight excluding hydrogens is 412 g/mol. The van der Waals surface area contributed by atoms with Crippen molar-refractivity contribution in [1.82, 2.24) is 4.90 Å². The Balaban J connectivity index is 2.32. The van der Waals surface area contributed by atoms with Crippen LogP contribution in [0.2, 0.25) is 0 Å². The van der Waals surface area contributed by atoms with E-state index in [1.165, 1.54) is 12.1 Å². The van der Waals surface area contributed by atoms with Gasteiger partial charge >= 0.3 is 0 Å². The lowest BCUT2D eigenvalue weighted by Gasteiger charge is -2.33. The molecule has 10 heteroatoms. The lowest BCUT2D eigenvalue weighted by molar-refractivity contribution is -0.384. The van der Waals surface area contributed by atoms with Crippen molar-refractivity contribution in [3.8, 4) is 0 Å². The minimum atomic E-state index is -4.03. The van der Waals surface area contributed by atoms with E-state index in [0.717, 1.165) is 23.9 Å². The topological polar surface area (TPSA) is 119 Å². The summed E-state index contributed by atoms with van der Waals surface area (Å²) in [6, 6.07) is 13.6. The van der Waals surface area contributed by atoms with Gasteiger partial charge in [0.1, 0.15) is 5.69 Å². The predicted molar refractivity (Wildman–Crippen MR) is 117 cm³/mol. The minimum Gasteiger partial charge on any atom is -0.373 e. The first-order valence-electron chi connectivity index (χ1n) is 8.92. The van der Waals surface area contributed by atoms with Crippen LogP contribution in [0.1, 0.15) is 13.3 Å². The standard InChI is InChI=1S/C19H26N4O4S2/c1-19(11-12-22(2)3,14-28-15-7-5-4-6-8-15)21-17-10-9-16(29(20,26)27)13-18(17)23(24)25/h4-10,13,21H,11-12,14H2,1-3H3,(H2,20,26,27)/t19-/m0/s1. The summed E-state index contributed by atoms with van der Waals surface area (Å²) in [7, 11) is -0.0973. The maximum atomic E-state index is 11.6. The van der Waals surface area contributed by atoms with Gasteiger partial charge in [-0.15, -0.1) is 11.8 Å². The molecule has 0 saturated heterocycles. The maximum Gasteiger partial charge on any atom is 0.293 e. The first kappa shape index (κ1) is 23.1.